The summed E-state index contributed by atoms with van der Waals surface area (Å²) in [7, 11) is -2.62. The highest BCUT2D eigenvalue weighted by Gasteiger charge is 2.35. The molecule has 1 atom stereocenters. The van der Waals surface area contributed by atoms with Crippen molar-refractivity contribution < 1.29 is 32.2 Å². The number of fused-ring (bicyclic) bond motifs is 1. The number of methoxy groups -OCH3 is 1. The van der Waals surface area contributed by atoms with E-state index in [1.807, 2.05) is 19.1 Å². The first-order chi connectivity index (χ1) is 21.3. The fraction of sp³-hybridized carbons (Fsp3) is 0.394. The van der Waals surface area contributed by atoms with Crippen LogP contribution in [0.25, 0.3) is 0 Å². The number of rotatable bonds is 12. The van der Waals surface area contributed by atoms with Crippen LogP contribution in [0.4, 0.5) is 5.69 Å². The van der Waals surface area contributed by atoms with E-state index in [1.165, 1.54) is 17.0 Å². The number of amides is 2. The van der Waals surface area contributed by atoms with Gasteiger partial charge in [0.25, 0.3) is 10.0 Å². The number of nitrogens with zero attached hydrogens (tertiary/aromatic N) is 2. The molecular weight excluding hydrogens is 582 g/mol. The molecule has 234 valence electrons. The van der Waals surface area contributed by atoms with E-state index < -0.39 is 28.5 Å². The van der Waals surface area contributed by atoms with Crippen molar-refractivity contribution in [3.63, 3.8) is 0 Å². The van der Waals surface area contributed by atoms with Crippen LogP contribution in [0.15, 0.2) is 77.7 Å². The van der Waals surface area contributed by atoms with Crippen LogP contribution < -0.4 is 23.8 Å². The molecule has 0 spiro atoms. The van der Waals surface area contributed by atoms with E-state index in [1.54, 1.807) is 55.6 Å². The van der Waals surface area contributed by atoms with E-state index >= 15 is 0 Å². The van der Waals surface area contributed by atoms with E-state index in [0.717, 1.165) is 35.6 Å². The zero-order valence-electron chi connectivity index (χ0n) is 25.1. The minimum atomic E-state index is -4.19. The molecule has 2 aliphatic rings. The Morgan fingerprint density at radius 3 is 2.30 bits per heavy atom. The summed E-state index contributed by atoms with van der Waals surface area (Å²) in [6.45, 7) is 2.15. The van der Waals surface area contributed by atoms with Gasteiger partial charge in [0.1, 0.15) is 31.5 Å². The topological polar surface area (TPSA) is 114 Å². The molecule has 1 heterocycles. The zero-order chi connectivity index (χ0) is 31.1. The quantitative estimate of drug-likeness (QED) is 0.316. The minimum Gasteiger partial charge on any atom is -0.497 e. The molecule has 0 saturated heterocycles. The number of hydrogen-bond donors (Lipinski definition) is 1. The van der Waals surface area contributed by atoms with Crippen LogP contribution in [0.2, 0.25) is 0 Å². The highest BCUT2D eigenvalue weighted by Crippen LogP contribution is 2.36. The summed E-state index contributed by atoms with van der Waals surface area (Å²) in [6, 6.07) is 19.3. The molecule has 1 aliphatic heterocycles. The molecule has 1 saturated carbocycles. The smallest absolute Gasteiger partial charge is 0.264 e. The van der Waals surface area contributed by atoms with Crippen molar-refractivity contribution in [2.45, 2.75) is 62.6 Å². The van der Waals surface area contributed by atoms with Crippen LogP contribution in [-0.4, -0.2) is 64.1 Å². The van der Waals surface area contributed by atoms with Crippen molar-refractivity contribution in [1.82, 2.24) is 10.2 Å². The maximum atomic E-state index is 14.3. The molecule has 3 aromatic carbocycles. The highest BCUT2D eigenvalue weighted by molar-refractivity contribution is 7.92. The lowest BCUT2D eigenvalue weighted by molar-refractivity contribution is -0.140. The lowest BCUT2D eigenvalue weighted by Gasteiger charge is -2.34. The van der Waals surface area contributed by atoms with Gasteiger partial charge >= 0.3 is 0 Å². The van der Waals surface area contributed by atoms with Gasteiger partial charge in [-0.25, -0.2) is 8.42 Å². The van der Waals surface area contributed by atoms with Crippen molar-refractivity contribution >= 4 is 27.5 Å². The van der Waals surface area contributed by atoms with Gasteiger partial charge in [-0.1, -0.05) is 50.1 Å². The summed E-state index contributed by atoms with van der Waals surface area (Å²) in [5, 5.41) is 3.13. The largest absolute Gasteiger partial charge is 0.497 e. The first kappa shape index (κ1) is 31.2. The Morgan fingerprint density at radius 2 is 1.64 bits per heavy atom. The minimum absolute atomic E-state index is 0.0374. The van der Waals surface area contributed by atoms with Gasteiger partial charge in [-0.3, -0.25) is 13.9 Å². The predicted molar refractivity (Wildman–Crippen MR) is 166 cm³/mol. The summed E-state index contributed by atoms with van der Waals surface area (Å²) in [6.07, 6.45) is 4.27. The molecule has 1 fully saturated rings. The predicted octanol–water partition coefficient (Wildman–Crippen LogP) is 4.53. The van der Waals surface area contributed by atoms with Crippen LogP contribution in [0.3, 0.4) is 0 Å². The van der Waals surface area contributed by atoms with Gasteiger partial charge in [0.15, 0.2) is 11.5 Å². The van der Waals surface area contributed by atoms with E-state index in [4.69, 9.17) is 14.2 Å². The molecule has 44 heavy (non-hydrogen) atoms. The fourth-order valence-electron chi connectivity index (χ4n) is 5.65. The number of sulfonamides is 1. The molecule has 10 nitrogen and oxygen atoms in total. The van der Waals surface area contributed by atoms with E-state index in [-0.39, 0.29) is 29.1 Å². The Balaban J connectivity index is 1.51. The zero-order valence-corrected chi connectivity index (χ0v) is 25.9. The Hall–Kier alpha value is -4.25. The summed E-state index contributed by atoms with van der Waals surface area (Å²) in [5.41, 5.74) is 1.03. The lowest BCUT2D eigenvalue weighted by Crippen LogP contribution is -2.53. The third kappa shape index (κ3) is 7.10. The normalized spacial score (nSPS) is 15.3. The number of carbonyl (C=O) groups is 2. The Kier molecular flexibility index (Phi) is 9.94. The average Bonchev–Trinajstić information content (AvgIpc) is 3.57. The molecule has 1 N–H and O–H groups in total. The number of hydrogen-bond acceptors (Lipinski definition) is 7. The Labute approximate surface area is 259 Å². The number of nitrogens with one attached hydrogen (secondary N) is 1. The maximum absolute atomic E-state index is 14.3. The molecule has 0 radical (unpaired) electrons. The molecule has 5 rings (SSSR count). The van der Waals surface area contributed by atoms with Crippen molar-refractivity contribution in [3.05, 3.63) is 78.4 Å². The maximum Gasteiger partial charge on any atom is 0.264 e. The summed E-state index contributed by atoms with van der Waals surface area (Å²) in [4.78, 5) is 29.5. The molecule has 1 aliphatic carbocycles. The van der Waals surface area contributed by atoms with E-state index in [0.29, 0.717) is 36.9 Å². The molecule has 2 amide bonds. The fourth-order valence-corrected chi connectivity index (χ4v) is 7.08. The third-order valence-electron chi connectivity index (χ3n) is 8.02. The van der Waals surface area contributed by atoms with Gasteiger partial charge in [-0.15, -0.1) is 0 Å². The lowest BCUT2D eigenvalue weighted by atomic mass is 10.1. The van der Waals surface area contributed by atoms with E-state index in [9.17, 15) is 18.0 Å². The van der Waals surface area contributed by atoms with E-state index in [2.05, 4.69) is 5.32 Å². The number of carbonyl (C=O) groups excluding carboxylic acids is 2. The first-order valence-corrected chi connectivity index (χ1v) is 16.4. The highest BCUT2D eigenvalue weighted by atomic mass is 32.2. The van der Waals surface area contributed by atoms with Gasteiger partial charge in [-0.2, -0.15) is 0 Å². The van der Waals surface area contributed by atoms with Gasteiger partial charge in [0, 0.05) is 18.7 Å². The van der Waals surface area contributed by atoms with Crippen molar-refractivity contribution in [2.75, 3.05) is 31.2 Å². The number of benzene rings is 3. The molecule has 0 aromatic heterocycles. The second kappa shape index (κ2) is 14.0. The molecule has 1 unspecified atom stereocenters. The van der Waals surface area contributed by atoms with Crippen LogP contribution in [0.1, 0.15) is 44.6 Å². The standard InChI is InChI=1S/C33H39N3O7S/c1-3-29(33(38)34-25-9-7-8-10-25)35(22-24-13-16-27(41-2)17-14-24)32(37)23-36(44(39,40)28-11-5-4-6-12-28)26-15-18-30-31(21-26)43-20-19-42-30/h4-6,11-18,21,25,29H,3,7-10,19-20,22-23H2,1-2H3,(H,34,38). The average molecular weight is 622 g/mol. The van der Waals surface area contributed by atoms with Crippen LogP contribution in [0.5, 0.6) is 17.2 Å². The summed E-state index contributed by atoms with van der Waals surface area (Å²) >= 11 is 0. The molecule has 0 bridgehead atoms. The summed E-state index contributed by atoms with van der Waals surface area (Å²) in [5.74, 6) is 0.809. The second-order valence-corrected chi connectivity index (χ2v) is 12.8. The van der Waals surface area contributed by atoms with Crippen LogP contribution in [0, 0.1) is 0 Å². The first-order valence-electron chi connectivity index (χ1n) is 15.0. The third-order valence-corrected chi connectivity index (χ3v) is 9.81. The summed E-state index contributed by atoms with van der Waals surface area (Å²) < 4.78 is 45.9. The second-order valence-electron chi connectivity index (χ2n) is 10.9. The number of anilines is 1. The molecule has 11 heteroatoms. The van der Waals surface area contributed by atoms with Crippen molar-refractivity contribution in [1.29, 1.82) is 0 Å². The number of ether oxygens (including phenoxy) is 3. The van der Waals surface area contributed by atoms with Crippen molar-refractivity contribution in [2.24, 2.45) is 0 Å². The monoisotopic (exact) mass is 621 g/mol. The Bertz CT molecular complexity index is 1540. The Morgan fingerprint density at radius 1 is 0.955 bits per heavy atom. The van der Waals surface area contributed by atoms with Crippen molar-refractivity contribution in [3.8, 4) is 17.2 Å². The van der Waals surface area contributed by atoms with Gasteiger partial charge < -0.3 is 24.4 Å². The van der Waals surface area contributed by atoms with Gasteiger partial charge in [0.05, 0.1) is 17.7 Å². The van der Waals surface area contributed by atoms with Crippen LogP contribution in [-0.2, 0) is 26.2 Å². The molecular formula is C33H39N3O7S. The van der Waals surface area contributed by atoms with Gasteiger partial charge in [-0.05, 0) is 61.2 Å². The van der Waals surface area contributed by atoms with Crippen LogP contribution >= 0.6 is 0 Å². The van der Waals surface area contributed by atoms with Gasteiger partial charge in [0.2, 0.25) is 11.8 Å². The SMILES string of the molecule is CCC(C(=O)NC1CCCC1)N(Cc1ccc(OC)cc1)C(=O)CN(c1ccc2c(c1)OCCO2)S(=O)(=O)c1ccccc1. The molecule has 3 aromatic rings.